The van der Waals surface area contributed by atoms with E-state index in [9.17, 15) is 31.5 Å². The van der Waals surface area contributed by atoms with Gasteiger partial charge in [-0.05, 0) is 25.0 Å². The number of aromatic amines is 1. The molecule has 1 unspecified atom stereocenters. The van der Waals surface area contributed by atoms with Crippen LogP contribution in [0.4, 0.5) is 22.0 Å². The molecule has 4 rings (SSSR count). The summed E-state index contributed by atoms with van der Waals surface area (Å²) >= 11 is 0. The summed E-state index contributed by atoms with van der Waals surface area (Å²) in [7, 11) is 0. The lowest BCUT2D eigenvalue weighted by Crippen LogP contribution is -2.37. The molecule has 0 aromatic carbocycles. The number of nitrogens with one attached hydrogen (secondary N) is 1. The number of rotatable bonds is 1. The molecule has 2 aromatic rings. The summed E-state index contributed by atoms with van der Waals surface area (Å²) in [6.07, 6.45) is -3.15. The topological polar surface area (TPSA) is 83.9 Å². The second-order valence-corrected chi connectivity index (χ2v) is 6.37. The first-order chi connectivity index (χ1) is 13.2. The van der Waals surface area contributed by atoms with Crippen LogP contribution in [-0.2, 0) is 17.4 Å². The Morgan fingerprint density at radius 1 is 1.29 bits per heavy atom. The van der Waals surface area contributed by atoms with Gasteiger partial charge in [0, 0.05) is 19.2 Å². The number of hydrogen-bond acceptors (Lipinski definition) is 4. The first-order valence-electron chi connectivity index (χ1n) is 8.45. The second kappa shape index (κ2) is 7.68. The van der Waals surface area contributed by atoms with Gasteiger partial charge in [-0.3, -0.25) is 9.36 Å². The molecule has 4 heterocycles. The van der Waals surface area contributed by atoms with E-state index in [0.717, 1.165) is 18.3 Å². The van der Waals surface area contributed by atoms with Crippen LogP contribution in [0.2, 0.25) is 0 Å². The number of carbonyl (C=O) groups is 1. The van der Waals surface area contributed by atoms with Gasteiger partial charge < -0.3 is 4.90 Å². The van der Waals surface area contributed by atoms with E-state index in [-0.39, 0.29) is 18.1 Å². The highest BCUT2D eigenvalue weighted by Crippen LogP contribution is 2.29. The van der Waals surface area contributed by atoms with Crippen LogP contribution in [0.3, 0.4) is 0 Å². The Labute approximate surface area is 155 Å². The molecular formula is C16H16F5N5O2. The minimum Gasteiger partial charge on any atom is -0.338 e. The first kappa shape index (κ1) is 20.0. The third-order valence-electron chi connectivity index (χ3n) is 4.48. The highest BCUT2D eigenvalue weighted by atomic mass is 19.4. The number of nitrogens with zero attached hydrogens (tertiary/aromatic N) is 4. The fourth-order valence-electron chi connectivity index (χ4n) is 3.19. The Balaban J connectivity index is 0.000000178. The average Bonchev–Trinajstić information content (AvgIpc) is 3.33. The van der Waals surface area contributed by atoms with Crippen LogP contribution in [-0.4, -0.2) is 49.8 Å². The van der Waals surface area contributed by atoms with Gasteiger partial charge in [0.25, 0.3) is 0 Å². The van der Waals surface area contributed by atoms with Crippen LogP contribution in [0.15, 0.2) is 23.1 Å². The molecule has 1 saturated heterocycles. The van der Waals surface area contributed by atoms with Crippen LogP contribution in [0, 0.1) is 5.82 Å². The third-order valence-corrected chi connectivity index (χ3v) is 4.48. The molecule has 0 bridgehead atoms. The summed E-state index contributed by atoms with van der Waals surface area (Å²) < 4.78 is 62.0. The Bertz CT molecular complexity index is 909. The molecule has 1 fully saturated rings. The SMILES string of the molecule is Fc1cccnc1C(F)(F)F.O=C(C1CCc2n[nH]c(=O)n21)N1CC[C@H](F)C1. The Hall–Kier alpha value is -2.79. The van der Waals surface area contributed by atoms with Gasteiger partial charge in [-0.2, -0.15) is 18.3 Å². The van der Waals surface area contributed by atoms with Crippen molar-refractivity contribution in [3.63, 3.8) is 0 Å². The monoisotopic (exact) mass is 405 g/mol. The fraction of sp³-hybridized carbons (Fsp3) is 0.500. The van der Waals surface area contributed by atoms with Crippen LogP contribution >= 0.6 is 0 Å². The van der Waals surface area contributed by atoms with Gasteiger partial charge in [0.2, 0.25) is 5.91 Å². The minimum atomic E-state index is -4.70. The number of aryl methyl sites for hydroxylation is 1. The van der Waals surface area contributed by atoms with Crippen molar-refractivity contribution in [3.05, 3.63) is 46.1 Å². The van der Waals surface area contributed by atoms with Gasteiger partial charge in [-0.1, -0.05) is 0 Å². The zero-order valence-electron chi connectivity index (χ0n) is 14.4. The Kier molecular flexibility index (Phi) is 5.47. The standard InChI is InChI=1S/C10H13FN4O2.C6H3F4N/c11-6-3-4-14(5-6)9(16)7-1-2-8-12-13-10(17)15(7)8;7-4-2-1-3-11-5(4)6(8,9)10/h6-7H,1-5H2,(H,13,17);1-3H/t6-,7?;/m0./s1. The van der Waals surface area contributed by atoms with Crippen molar-refractivity contribution < 1.29 is 26.7 Å². The highest BCUT2D eigenvalue weighted by molar-refractivity contribution is 5.81. The van der Waals surface area contributed by atoms with Gasteiger partial charge >= 0.3 is 11.9 Å². The van der Waals surface area contributed by atoms with E-state index in [0.29, 0.717) is 31.6 Å². The quantitative estimate of drug-likeness (QED) is 0.735. The molecule has 2 aliphatic heterocycles. The predicted octanol–water partition coefficient (Wildman–Crippen LogP) is 1.87. The molecule has 2 aromatic heterocycles. The van der Waals surface area contributed by atoms with E-state index in [1.807, 2.05) is 0 Å². The summed E-state index contributed by atoms with van der Waals surface area (Å²) in [6, 6.07) is 1.32. The molecule has 0 aliphatic carbocycles. The van der Waals surface area contributed by atoms with E-state index in [4.69, 9.17) is 0 Å². The van der Waals surface area contributed by atoms with Crippen molar-refractivity contribution >= 4 is 5.91 Å². The molecule has 7 nitrogen and oxygen atoms in total. The number of amides is 1. The number of pyridine rings is 1. The lowest BCUT2D eigenvalue weighted by atomic mass is 10.2. The second-order valence-electron chi connectivity index (χ2n) is 6.37. The number of likely N-dealkylation sites (tertiary alicyclic amines) is 1. The molecule has 1 amide bonds. The van der Waals surface area contributed by atoms with Crippen LogP contribution in [0.5, 0.6) is 0 Å². The number of alkyl halides is 4. The maximum Gasteiger partial charge on any atom is 0.436 e. The van der Waals surface area contributed by atoms with Gasteiger partial charge in [-0.15, -0.1) is 0 Å². The molecule has 2 atom stereocenters. The summed E-state index contributed by atoms with van der Waals surface area (Å²) in [6.45, 7) is 0.593. The van der Waals surface area contributed by atoms with Crippen LogP contribution in [0.1, 0.15) is 30.4 Å². The third kappa shape index (κ3) is 4.04. The van der Waals surface area contributed by atoms with E-state index in [1.165, 1.54) is 9.47 Å². The van der Waals surface area contributed by atoms with Crippen LogP contribution < -0.4 is 5.69 Å². The molecule has 0 spiro atoms. The molecule has 12 heteroatoms. The maximum atomic E-state index is 13.1. The minimum absolute atomic E-state index is 0.150. The number of hydrogen-bond donors (Lipinski definition) is 1. The zero-order chi connectivity index (χ0) is 20.5. The lowest BCUT2D eigenvalue weighted by molar-refractivity contribution is -0.143. The van der Waals surface area contributed by atoms with E-state index >= 15 is 0 Å². The zero-order valence-corrected chi connectivity index (χ0v) is 14.4. The van der Waals surface area contributed by atoms with Crippen molar-refractivity contribution in [2.75, 3.05) is 13.1 Å². The smallest absolute Gasteiger partial charge is 0.338 e. The lowest BCUT2D eigenvalue weighted by Gasteiger charge is -2.20. The Morgan fingerprint density at radius 2 is 2.04 bits per heavy atom. The van der Waals surface area contributed by atoms with E-state index < -0.39 is 29.9 Å². The van der Waals surface area contributed by atoms with Crippen molar-refractivity contribution in [2.45, 2.75) is 37.7 Å². The molecule has 152 valence electrons. The normalized spacial score (nSPS) is 21.2. The molecule has 0 radical (unpaired) electrons. The number of aromatic nitrogens is 4. The van der Waals surface area contributed by atoms with Gasteiger partial charge in [0.15, 0.2) is 11.5 Å². The predicted molar refractivity (Wildman–Crippen MR) is 85.5 cm³/mol. The largest absolute Gasteiger partial charge is 0.436 e. The van der Waals surface area contributed by atoms with Crippen molar-refractivity contribution in [1.82, 2.24) is 24.6 Å². The van der Waals surface area contributed by atoms with Crippen molar-refractivity contribution in [2.24, 2.45) is 0 Å². The summed E-state index contributed by atoms with van der Waals surface area (Å²) in [4.78, 5) is 28.0. The summed E-state index contributed by atoms with van der Waals surface area (Å²) in [5, 5.41) is 6.19. The number of fused-ring (bicyclic) bond motifs is 1. The van der Waals surface area contributed by atoms with E-state index in [2.05, 4.69) is 15.2 Å². The maximum absolute atomic E-state index is 13.1. The fourth-order valence-corrected chi connectivity index (χ4v) is 3.19. The molecule has 2 aliphatic rings. The summed E-state index contributed by atoms with van der Waals surface area (Å²) in [5.41, 5.74) is -1.83. The number of H-pyrrole nitrogens is 1. The first-order valence-corrected chi connectivity index (χ1v) is 8.45. The Morgan fingerprint density at radius 3 is 2.61 bits per heavy atom. The van der Waals surface area contributed by atoms with Gasteiger partial charge in [0.05, 0.1) is 6.54 Å². The van der Waals surface area contributed by atoms with Crippen LogP contribution in [0.25, 0.3) is 0 Å². The molecule has 0 saturated carbocycles. The van der Waals surface area contributed by atoms with Gasteiger partial charge in [-0.25, -0.2) is 23.7 Å². The number of carbonyl (C=O) groups excluding carboxylic acids is 1. The molecule has 28 heavy (non-hydrogen) atoms. The highest BCUT2D eigenvalue weighted by Gasteiger charge is 2.37. The van der Waals surface area contributed by atoms with Crippen molar-refractivity contribution in [1.29, 1.82) is 0 Å². The number of halogens is 5. The van der Waals surface area contributed by atoms with Gasteiger partial charge in [0.1, 0.15) is 18.0 Å². The average molecular weight is 405 g/mol. The molecular weight excluding hydrogens is 389 g/mol. The van der Waals surface area contributed by atoms with E-state index in [1.54, 1.807) is 0 Å². The molecule has 1 N–H and O–H groups in total. The van der Waals surface area contributed by atoms with Crippen molar-refractivity contribution in [3.8, 4) is 0 Å². The summed E-state index contributed by atoms with van der Waals surface area (Å²) in [5.74, 6) is -0.892.